The van der Waals surface area contributed by atoms with E-state index in [9.17, 15) is 17.6 Å². The zero-order valence-corrected chi connectivity index (χ0v) is 22.5. The summed E-state index contributed by atoms with van der Waals surface area (Å²) < 4.78 is 50.6. The molecular formula is C21H32ClFN6O4S2. The lowest BCUT2D eigenvalue weighted by Gasteiger charge is -2.32. The number of rotatable bonds is 14. The minimum absolute atomic E-state index is 0.0156. The van der Waals surface area contributed by atoms with Crippen LogP contribution in [-0.2, 0) is 19.6 Å². The standard InChI is InChI=1S/C21H32ClFN6O4S2/c1-5-33-19(30)10-25-11-21(3,4)8-14(13(2)24)9-26-17-7-16(23)18(6-15(17)22)35(31,32)29-20-27-12-28-34-20/h6-7,12-14,25-26H,5,8-11,24H2,1-4H3,(H,27,28,29)/t13-,14?/m1/s1. The number of nitrogens with one attached hydrogen (secondary N) is 3. The summed E-state index contributed by atoms with van der Waals surface area (Å²) in [5.74, 6) is -1.29. The van der Waals surface area contributed by atoms with Crippen molar-refractivity contribution in [2.24, 2.45) is 17.1 Å². The minimum Gasteiger partial charge on any atom is -0.465 e. The number of carbonyl (C=O) groups excluding carboxylic acids is 1. The molecule has 0 bridgehead atoms. The number of benzene rings is 1. The fraction of sp³-hybridized carbons (Fsp3) is 0.571. The summed E-state index contributed by atoms with van der Waals surface area (Å²) in [4.78, 5) is 14.7. The maximum absolute atomic E-state index is 14.7. The number of nitrogens with zero attached hydrogens (tertiary/aromatic N) is 2. The Bertz CT molecular complexity index is 1080. The molecule has 0 amide bonds. The van der Waals surface area contributed by atoms with Gasteiger partial charge in [0.1, 0.15) is 17.0 Å². The van der Waals surface area contributed by atoms with Crippen molar-refractivity contribution in [2.45, 2.75) is 45.1 Å². The minimum atomic E-state index is -4.23. The molecule has 1 aromatic carbocycles. The highest BCUT2D eigenvalue weighted by atomic mass is 35.5. The van der Waals surface area contributed by atoms with Gasteiger partial charge in [-0.1, -0.05) is 25.4 Å². The van der Waals surface area contributed by atoms with Crippen LogP contribution in [0.1, 0.15) is 34.1 Å². The molecule has 2 rings (SSSR count). The highest BCUT2D eigenvalue weighted by Gasteiger charge is 2.27. The number of nitrogens with two attached hydrogens (primary N) is 1. The molecule has 196 valence electrons. The van der Waals surface area contributed by atoms with Crippen LogP contribution in [0.25, 0.3) is 0 Å². The molecule has 1 heterocycles. The maximum Gasteiger partial charge on any atom is 0.319 e. The summed E-state index contributed by atoms with van der Waals surface area (Å²) in [7, 11) is -4.23. The molecule has 0 aliphatic heterocycles. The second-order valence-corrected chi connectivity index (χ2v) is 11.7. The SMILES string of the molecule is CCOC(=O)CNCC(C)(C)CC(CNc1cc(F)c(S(=O)(=O)Nc2ncns2)cc1Cl)[C@@H](C)N. The van der Waals surface area contributed by atoms with Gasteiger partial charge in [-0.3, -0.25) is 9.52 Å². The van der Waals surface area contributed by atoms with E-state index in [1.165, 1.54) is 6.33 Å². The Kier molecular flexibility index (Phi) is 10.6. The fourth-order valence-electron chi connectivity index (χ4n) is 3.44. The first-order valence-corrected chi connectivity index (χ1v) is 13.6. The molecule has 0 saturated heterocycles. The Labute approximate surface area is 214 Å². The average Bonchev–Trinajstić information content (AvgIpc) is 3.25. The molecule has 0 fully saturated rings. The summed E-state index contributed by atoms with van der Waals surface area (Å²) in [5.41, 5.74) is 6.25. The zero-order chi connectivity index (χ0) is 26.2. The number of carbonyl (C=O) groups is 1. The van der Waals surface area contributed by atoms with Crippen molar-refractivity contribution >= 4 is 49.9 Å². The number of aromatic nitrogens is 2. The first-order valence-electron chi connectivity index (χ1n) is 11.0. The summed E-state index contributed by atoms with van der Waals surface area (Å²) in [6.45, 7) is 9.14. The third kappa shape index (κ3) is 9.15. The average molecular weight is 551 g/mol. The molecule has 5 N–H and O–H groups in total. The van der Waals surface area contributed by atoms with Crippen molar-refractivity contribution in [1.29, 1.82) is 0 Å². The highest BCUT2D eigenvalue weighted by Crippen LogP contribution is 2.31. The van der Waals surface area contributed by atoms with Crippen LogP contribution in [0.5, 0.6) is 0 Å². The number of hydrogen-bond acceptors (Lipinski definition) is 10. The number of ether oxygens (including phenoxy) is 1. The zero-order valence-electron chi connectivity index (χ0n) is 20.1. The molecule has 2 aromatic rings. The largest absolute Gasteiger partial charge is 0.465 e. The number of anilines is 2. The number of esters is 1. The first kappa shape index (κ1) is 29.2. The summed E-state index contributed by atoms with van der Waals surface area (Å²) in [6.07, 6.45) is 1.89. The van der Waals surface area contributed by atoms with Crippen molar-refractivity contribution < 1.29 is 22.3 Å². The van der Waals surface area contributed by atoms with E-state index in [0.29, 0.717) is 26.1 Å². The Hall–Kier alpha value is -2.06. The molecule has 1 aromatic heterocycles. The van der Waals surface area contributed by atoms with Crippen molar-refractivity contribution in [3.8, 4) is 0 Å². The van der Waals surface area contributed by atoms with Crippen LogP contribution < -0.4 is 21.1 Å². The Balaban J connectivity index is 2.04. The predicted molar refractivity (Wildman–Crippen MR) is 136 cm³/mol. The molecule has 0 spiro atoms. The smallest absolute Gasteiger partial charge is 0.319 e. The fourth-order valence-corrected chi connectivity index (χ4v) is 5.48. The van der Waals surface area contributed by atoms with E-state index >= 15 is 0 Å². The Morgan fingerprint density at radius 3 is 2.69 bits per heavy atom. The number of sulfonamides is 1. The molecule has 35 heavy (non-hydrogen) atoms. The quantitative estimate of drug-likeness (QED) is 0.260. The van der Waals surface area contributed by atoms with Gasteiger partial charge in [0.25, 0.3) is 10.0 Å². The van der Waals surface area contributed by atoms with Crippen LogP contribution in [0, 0.1) is 17.2 Å². The lowest BCUT2D eigenvalue weighted by Crippen LogP contribution is -2.40. The number of halogens is 2. The maximum atomic E-state index is 14.7. The molecule has 0 aliphatic rings. The molecule has 14 heteroatoms. The summed E-state index contributed by atoms with van der Waals surface area (Å²) in [6, 6.07) is 1.90. The second-order valence-electron chi connectivity index (χ2n) is 8.89. The monoisotopic (exact) mass is 550 g/mol. The van der Waals surface area contributed by atoms with E-state index in [1.54, 1.807) is 6.92 Å². The number of hydrogen-bond donors (Lipinski definition) is 4. The van der Waals surface area contributed by atoms with Crippen LogP contribution in [0.15, 0.2) is 23.4 Å². The van der Waals surface area contributed by atoms with E-state index in [0.717, 1.165) is 23.7 Å². The van der Waals surface area contributed by atoms with Crippen LogP contribution in [0.4, 0.5) is 15.2 Å². The van der Waals surface area contributed by atoms with E-state index in [1.807, 2.05) is 6.92 Å². The Morgan fingerprint density at radius 1 is 1.37 bits per heavy atom. The summed E-state index contributed by atoms with van der Waals surface area (Å²) in [5, 5.41) is 6.25. The lowest BCUT2D eigenvalue weighted by molar-refractivity contribution is -0.142. The van der Waals surface area contributed by atoms with E-state index in [4.69, 9.17) is 22.1 Å². The molecular weight excluding hydrogens is 519 g/mol. The van der Waals surface area contributed by atoms with Crippen LogP contribution in [-0.4, -0.2) is 56.0 Å². The van der Waals surface area contributed by atoms with E-state index < -0.39 is 20.7 Å². The molecule has 0 aliphatic carbocycles. The van der Waals surface area contributed by atoms with Gasteiger partial charge in [-0.15, -0.1) is 0 Å². The van der Waals surface area contributed by atoms with Gasteiger partial charge < -0.3 is 21.1 Å². The predicted octanol–water partition coefficient (Wildman–Crippen LogP) is 3.08. The van der Waals surface area contributed by atoms with Crippen LogP contribution in [0.2, 0.25) is 5.02 Å². The van der Waals surface area contributed by atoms with Gasteiger partial charge in [0, 0.05) is 30.7 Å². The van der Waals surface area contributed by atoms with Gasteiger partial charge in [-0.2, -0.15) is 4.37 Å². The van der Waals surface area contributed by atoms with Gasteiger partial charge in [0.05, 0.1) is 23.9 Å². The topological polar surface area (TPSA) is 148 Å². The van der Waals surface area contributed by atoms with Gasteiger partial charge in [0.2, 0.25) is 5.13 Å². The molecule has 10 nitrogen and oxygen atoms in total. The van der Waals surface area contributed by atoms with Gasteiger partial charge in [0.15, 0.2) is 0 Å². The Morgan fingerprint density at radius 2 is 2.09 bits per heavy atom. The second kappa shape index (κ2) is 12.8. The van der Waals surface area contributed by atoms with Gasteiger partial charge >= 0.3 is 5.97 Å². The third-order valence-corrected chi connectivity index (χ3v) is 7.56. The van der Waals surface area contributed by atoms with Crippen LogP contribution >= 0.6 is 23.1 Å². The van der Waals surface area contributed by atoms with Gasteiger partial charge in [-0.25, -0.2) is 17.8 Å². The molecule has 2 atom stereocenters. The van der Waals surface area contributed by atoms with Gasteiger partial charge in [-0.05, 0) is 43.7 Å². The highest BCUT2D eigenvalue weighted by molar-refractivity contribution is 7.93. The molecule has 1 unspecified atom stereocenters. The van der Waals surface area contributed by atoms with Crippen molar-refractivity contribution in [3.63, 3.8) is 0 Å². The van der Waals surface area contributed by atoms with Crippen molar-refractivity contribution in [2.75, 3.05) is 36.3 Å². The molecule has 0 saturated carbocycles. The molecule has 0 radical (unpaired) electrons. The van der Waals surface area contributed by atoms with Crippen molar-refractivity contribution in [3.05, 3.63) is 29.3 Å². The summed E-state index contributed by atoms with van der Waals surface area (Å²) >= 11 is 7.10. The third-order valence-electron chi connectivity index (χ3n) is 5.19. The van der Waals surface area contributed by atoms with E-state index in [2.05, 4.69) is 38.6 Å². The van der Waals surface area contributed by atoms with Crippen LogP contribution in [0.3, 0.4) is 0 Å². The van der Waals surface area contributed by atoms with E-state index in [-0.39, 0.29) is 45.7 Å². The normalized spacial score (nSPS) is 13.8. The lowest BCUT2D eigenvalue weighted by atomic mass is 9.80. The van der Waals surface area contributed by atoms with Crippen molar-refractivity contribution in [1.82, 2.24) is 14.7 Å². The first-order chi connectivity index (χ1) is 16.3.